The van der Waals surface area contributed by atoms with Gasteiger partial charge in [-0.3, -0.25) is 4.79 Å². The van der Waals surface area contributed by atoms with Crippen LogP contribution >= 0.6 is 0 Å². The monoisotopic (exact) mass is 269 g/mol. The maximum atomic E-state index is 12.4. The van der Waals surface area contributed by atoms with Gasteiger partial charge in [0.15, 0.2) is 5.78 Å². The number of aliphatic hydroxyl groups excluding tert-OH is 1. The average molecular weight is 269 g/mol. The highest BCUT2D eigenvalue weighted by molar-refractivity contribution is 5.87. The Morgan fingerprint density at radius 3 is 2.74 bits per heavy atom. The number of piperidine rings is 1. The summed E-state index contributed by atoms with van der Waals surface area (Å²) >= 11 is 0. The minimum atomic E-state index is -1.16. The second-order valence-corrected chi connectivity index (χ2v) is 6.35. The third kappa shape index (κ3) is 2.71. The lowest BCUT2D eigenvalue weighted by Gasteiger charge is -2.53. The molecule has 0 aromatic carbocycles. The van der Waals surface area contributed by atoms with Gasteiger partial charge in [0.2, 0.25) is 0 Å². The third-order valence-corrected chi connectivity index (χ3v) is 5.21. The molecule has 2 fully saturated rings. The van der Waals surface area contributed by atoms with Crippen molar-refractivity contribution < 1.29 is 15.0 Å². The van der Waals surface area contributed by atoms with Crippen molar-refractivity contribution in [1.29, 1.82) is 0 Å². The summed E-state index contributed by atoms with van der Waals surface area (Å²) in [6.45, 7) is 2.11. The summed E-state index contributed by atoms with van der Waals surface area (Å²) in [6, 6.07) is 0.572. The molecule has 4 unspecified atom stereocenters. The van der Waals surface area contributed by atoms with Gasteiger partial charge in [0.05, 0.1) is 0 Å². The zero-order valence-electron chi connectivity index (χ0n) is 12.1. The largest absolute Gasteiger partial charge is 0.396 e. The molecule has 1 aliphatic heterocycles. The van der Waals surface area contributed by atoms with Gasteiger partial charge in [0.25, 0.3) is 0 Å². The summed E-state index contributed by atoms with van der Waals surface area (Å²) in [5.41, 5.74) is -1.16. The van der Waals surface area contributed by atoms with E-state index in [1.807, 2.05) is 0 Å². The van der Waals surface area contributed by atoms with Crippen LogP contribution < -0.4 is 0 Å². The Hall–Kier alpha value is -0.450. The fraction of sp³-hybridized carbons (Fsp3) is 0.933. The van der Waals surface area contributed by atoms with Crippen LogP contribution in [0.5, 0.6) is 0 Å². The topological polar surface area (TPSA) is 60.8 Å². The number of nitrogens with zero attached hydrogens (tertiary/aromatic N) is 1. The van der Waals surface area contributed by atoms with Gasteiger partial charge in [0, 0.05) is 31.0 Å². The van der Waals surface area contributed by atoms with Crippen molar-refractivity contribution in [2.24, 2.45) is 5.92 Å². The maximum absolute atomic E-state index is 12.4. The minimum absolute atomic E-state index is 0.0192. The van der Waals surface area contributed by atoms with E-state index in [2.05, 4.69) is 18.9 Å². The molecule has 4 heteroatoms. The number of fused-ring (bicyclic) bond motifs is 1. The first-order valence-corrected chi connectivity index (χ1v) is 7.59. The molecule has 0 bridgehead atoms. The van der Waals surface area contributed by atoms with Crippen LogP contribution in [0.3, 0.4) is 0 Å². The number of carbonyl (C=O) groups is 1. The number of likely N-dealkylation sites (tertiary alicyclic amines) is 1. The Morgan fingerprint density at radius 2 is 2.05 bits per heavy atom. The van der Waals surface area contributed by atoms with Crippen LogP contribution in [0.25, 0.3) is 0 Å². The zero-order valence-corrected chi connectivity index (χ0v) is 12.1. The molecule has 110 valence electrons. The van der Waals surface area contributed by atoms with E-state index in [9.17, 15) is 9.90 Å². The van der Waals surface area contributed by atoms with Crippen LogP contribution in [0.15, 0.2) is 0 Å². The van der Waals surface area contributed by atoms with Gasteiger partial charge in [-0.05, 0) is 39.7 Å². The van der Waals surface area contributed by atoms with Crippen molar-refractivity contribution >= 4 is 5.78 Å². The molecule has 2 aliphatic rings. The Morgan fingerprint density at radius 1 is 1.37 bits per heavy atom. The minimum Gasteiger partial charge on any atom is -0.396 e. The maximum Gasteiger partial charge on any atom is 0.164 e. The van der Waals surface area contributed by atoms with Gasteiger partial charge >= 0.3 is 0 Å². The molecule has 1 aliphatic carbocycles. The lowest BCUT2D eigenvalue weighted by Crippen LogP contribution is -2.63. The number of Topliss-reactive ketones (excluding diaryl/α,β-unsaturated/α-hetero) is 1. The summed E-state index contributed by atoms with van der Waals surface area (Å²) in [5.74, 6) is 0.0204. The Labute approximate surface area is 115 Å². The quantitative estimate of drug-likeness (QED) is 0.808. The molecule has 2 rings (SSSR count). The van der Waals surface area contributed by atoms with Crippen LogP contribution in [0.4, 0.5) is 0 Å². The summed E-state index contributed by atoms with van der Waals surface area (Å²) in [7, 11) is 2.12. The molecule has 1 saturated heterocycles. The van der Waals surface area contributed by atoms with Gasteiger partial charge in [0.1, 0.15) is 5.60 Å². The SMILES string of the molecule is CC1CC(O)(C(=O)CCCO)C2CCCCC2N1C. The third-order valence-electron chi connectivity index (χ3n) is 5.21. The van der Waals surface area contributed by atoms with Crippen LogP contribution in [0, 0.1) is 5.92 Å². The molecule has 4 atom stereocenters. The van der Waals surface area contributed by atoms with E-state index in [-0.39, 0.29) is 24.3 Å². The molecule has 0 aromatic heterocycles. The molecule has 1 heterocycles. The second-order valence-electron chi connectivity index (χ2n) is 6.35. The first-order valence-electron chi connectivity index (χ1n) is 7.59. The molecule has 19 heavy (non-hydrogen) atoms. The van der Waals surface area contributed by atoms with E-state index >= 15 is 0 Å². The predicted octanol–water partition coefficient (Wildman–Crippen LogP) is 1.34. The highest BCUT2D eigenvalue weighted by Crippen LogP contribution is 2.44. The molecule has 2 N–H and O–H groups in total. The fourth-order valence-corrected chi connectivity index (χ4v) is 4.01. The first kappa shape index (κ1) is 14.9. The zero-order chi connectivity index (χ0) is 14.0. The van der Waals surface area contributed by atoms with E-state index in [0.717, 1.165) is 19.3 Å². The number of hydrogen-bond acceptors (Lipinski definition) is 4. The number of rotatable bonds is 4. The van der Waals surface area contributed by atoms with E-state index in [1.165, 1.54) is 6.42 Å². The lowest BCUT2D eigenvalue weighted by atomic mass is 9.65. The number of aliphatic hydroxyl groups is 2. The van der Waals surface area contributed by atoms with E-state index in [4.69, 9.17) is 5.11 Å². The van der Waals surface area contributed by atoms with Crippen LogP contribution in [-0.4, -0.2) is 52.2 Å². The highest BCUT2D eigenvalue weighted by Gasteiger charge is 2.53. The van der Waals surface area contributed by atoms with Gasteiger partial charge < -0.3 is 15.1 Å². The summed E-state index contributed by atoms with van der Waals surface area (Å²) in [6.07, 6.45) is 5.63. The molecule has 0 spiro atoms. The molecular formula is C15H27NO3. The van der Waals surface area contributed by atoms with Crippen molar-refractivity contribution in [3.8, 4) is 0 Å². The van der Waals surface area contributed by atoms with Crippen LogP contribution in [0.1, 0.15) is 51.9 Å². The van der Waals surface area contributed by atoms with E-state index in [0.29, 0.717) is 25.3 Å². The van der Waals surface area contributed by atoms with Crippen LogP contribution in [0.2, 0.25) is 0 Å². The molecule has 1 saturated carbocycles. The molecular weight excluding hydrogens is 242 g/mol. The van der Waals surface area contributed by atoms with Gasteiger partial charge in [-0.2, -0.15) is 0 Å². The van der Waals surface area contributed by atoms with Gasteiger partial charge in [-0.1, -0.05) is 12.8 Å². The van der Waals surface area contributed by atoms with Crippen molar-refractivity contribution in [3.63, 3.8) is 0 Å². The number of ketones is 1. The normalized spacial score (nSPS) is 39.9. The van der Waals surface area contributed by atoms with Gasteiger partial charge in [-0.25, -0.2) is 0 Å². The van der Waals surface area contributed by atoms with Gasteiger partial charge in [-0.15, -0.1) is 0 Å². The standard InChI is InChI=1S/C15H27NO3/c1-11-10-15(19,14(18)8-5-9-17)12-6-3-4-7-13(12)16(11)2/h11-13,17,19H,3-10H2,1-2H3. The lowest BCUT2D eigenvalue weighted by molar-refractivity contribution is -0.164. The number of hydrogen-bond donors (Lipinski definition) is 2. The number of carbonyl (C=O) groups excluding carboxylic acids is 1. The molecule has 0 radical (unpaired) electrons. The average Bonchev–Trinajstić information content (AvgIpc) is 2.42. The van der Waals surface area contributed by atoms with Crippen molar-refractivity contribution in [2.75, 3.05) is 13.7 Å². The molecule has 0 amide bonds. The smallest absolute Gasteiger partial charge is 0.164 e. The molecule has 0 aromatic rings. The fourth-order valence-electron chi connectivity index (χ4n) is 4.01. The summed E-state index contributed by atoms with van der Waals surface area (Å²) in [5, 5.41) is 19.9. The summed E-state index contributed by atoms with van der Waals surface area (Å²) in [4.78, 5) is 14.8. The Bertz CT molecular complexity index is 333. The van der Waals surface area contributed by atoms with E-state index < -0.39 is 5.60 Å². The van der Waals surface area contributed by atoms with Crippen molar-refractivity contribution in [2.45, 2.75) is 69.6 Å². The predicted molar refractivity (Wildman–Crippen MR) is 73.9 cm³/mol. The second kappa shape index (κ2) is 5.90. The highest BCUT2D eigenvalue weighted by atomic mass is 16.3. The van der Waals surface area contributed by atoms with Crippen LogP contribution in [-0.2, 0) is 4.79 Å². The first-order chi connectivity index (χ1) is 9.00. The van der Waals surface area contributed by atoms with E-state index in [1.54, 1.807) is 0 Å². The summed E-state index contributed by atoms with van der Waals surface area (Å²) < 4.78 is 0. The van der Waals surface area contributed by atoms with Crippen molar-refractivity contribution in [1.82, 2.24) is 4.90 Å². The Kier molecular flexibility index (Phi) is 4.64. The Balaban J connectivity index is 2.19. The molecule has 4 nitrogen and oxygen atoms in total. The van der Waals surface area contributed by atoms with Crippen molar-refractivity contribution in [3.05, 3.63) is 0 Å².